The van der Waals surface area contributed by atoms with Crippen LogP contribution in [0.4, 0.5) is 0 Å². The van der Waals surface area contributed by atoms with Gasteiger partial charge in [0.15, 0.2) is 11.5 Å². The molecule has 0 saturated heterocycles. The summed E-state index contributed by atoms with van der Waals surface area (Å²) in [7, 11) is 1.66. The summed E-state index contributed by atoms with van der Waals surface area (Å²) in [6.45, 7) is 4.68. The molecule has 0 bridgehead atoms. The number of thiophene rings is 1. The van der Waals surface area contributed by atoms with Gasteiger partial charge in [0, 0.05) is 10.3 Å². The lowest BCUT2D eigenvalue weighted by Crippen LogP contribution is -1.93. The number of hydrogen-bond donors (Lipinski definition) is 0. The second kappa shape index (κ2) is 3.62. The second-order valence-corrected chi connectivity index (χ2v) is 3.21. The van der Waals surface area contributed by atoms with Gasteiger partial charge in [-0.3, -0.25) is 0 Å². The largest absolute Gasteiger partial charge is 0.492 e. The van der Waals surface area contributed by atoms with Crippen molar-refractivity contribution in [1.82, 2.24) is 0 Å². The molecule has 0 aliphatic rings. The molecule has 1 heterocycles. The Morgan fingerprint density at radius 2 is 2.27 bits per heavy atom. The van der Waals surface area contributed by atoms with Crippen LogP contribution in [0.3, 0.4) is 0 Å². The molecule has 0 aliphatic heterocycles. The van der Waals surface area contributed by atoms with Crippen molar-refractivity contribution in [3.8, 4) is 11.5 Å². The van der Waals surface area contributed by atoms with Gasteiger partial charge >= 0.3 is 0 Å². The van der Waals surface area contributed by atoms with Crippen LogP contribution in [0.5, 0.6) is 11.5 Å². The number of hydrogen-bond acceptors (Lipinski definition) is 3. The van der Waals surface area contributed by atoms with Crippen LogP contribution in [0.1, 0.15) is 11.8 Å². The predicted octanol–water partition coefficient (Wildman–Crippen LogP) is 2.46. The Morgan fingerprint density at radius 1 is 1.55 bits per heavy atom. The Kier molecular flexibility index (Phi) is 2.76. The smallest absolute Gasteiger partial charge is 0.174 e. The predicted molar refractivity (Wildman–Crippen MR) is 46.8 cm³/mol. The maximum Gasteiger partial charge on any atom is 0.174 e. The van der Waals surface area contributed by atoms with Gasteiger partial charge in [-0.15, -0.1) is 11.3 Å². The molecule has 0 aromatic carbocycles. The molecule has 3 heteroatoms. The van der Waals surface area contributed by atoms with Crippen LogP contribution < -0.4 is 9.47 Å². The van der Waals surface area contributed by atoms with Crippen LogP contribution in [-0.4, -0.2) is 13.7 Å². The quantitative estimate of drug-likeness (QED) is 0.697. The first kappa shape index (κ1) is 8.40. The topological polar surface area (TPSA) is 18.5 Å². The summed E-state index contributed by atoms with van der Waals surface area (Å²) in [6, 6.07) is 0. The highest BCUT2D eigenvalue weighted by molar-refractivity contribution is 7.10. The third kappa shape index (κ3) is 1.66. The molecule has 2 nitrogen and oxygen atoms in total. The van der Waals surface area contributed by atoms with Gasteiger partial charge in [-0.2, -0.15) is 0 Å². The van der Waals surface area contributed by atoms with E-state index < -0.39 is 0 Å². The van der Waals surface area contributed by atoms with Crippen molar-refractivity contribution in [3.05, 3.63) is 10.3 Å². The monoisotopic (exact) mass is 172 g/mol. The molecule has 0 spiro atoms. The standard InChI is InChI=1S/C8H12O2S/c1-4-10-8-6(2)11-5-7(8)9-3/h5H,4H2,1-3H3. The Bertz CT molecular complexity index is 230. The minimum Gasteiger partial charge on any atom is -0.492 e. The lowest BCUT2D eigenvalue weighted by atomic mass is 10.4. The molecule has 0 aliphatic carbocycles. The molecular weight excluding hydrogens is 160 g/mol. The fourth-order valence-electron chi connectivity index (χ4n) is 0.880. The summed E-state index contributed by atoms with van der Waals surface area (Å²) >= 11 is 1.65. The van der Waals surface area contributed by atoms with Gasteiger partial charge in [-0.05, 0) is 13.8 Å². The van der Waals surface area contributed by atoms with Crippen molar-refractivity contribution in [2.75, 3.05) is 13.7 Å². The van der Waals surface area contributed by atoms with E-state index in [9.17, 15) is 0 Å². The van der Waals surface area contributed by atoms with Gasteiger partial charge in [0.1, 0.15) is 0 Å². The number of ether oxygens (including phenoxy) is 2. The molecule has 0 fully saturated rings. The van der Waals surface area contributed by atoms with Gasteiger partial charge in [0.25, 0.3) is 0 Å². The average molecular weight is 172 g/mol. The third-order valence-electron chi connectivity index (χ3n) is 1.39. The van der Waals surface area contributed by atoms with Crippen LogP contribution in [0.25, 0.3) is 0 Å². The summed E-state index contributed by atoms with van der Waals surface area (Å²) < 4.78 is 10.5. The zero-order valence-corrected chi connectivity index (χ0v) is 7.83. The maximum absolute atomic E-state index is 5.38. The van der Waals surface area contributed by atoms with E-state index in [-0.39, 0.29) is 0 Å². The highest BCUT2D eigenvalue weighted by atomic mass is 32.1. The maximum atomic E-state index is 5.38. The van der Waals surface area contributed by atoms with Gasteiger partial charge < -0.3 is 9.47 Å². The van der Waals surface area contributed by atoms with Gasteiger partial charge in [-0.25, -0.2) is 0 Å². The summed E-state index contributed by atoms with van der Waals surface area (Å²) in [6.07, 6.45) is 0. The molecule has 62 valence electrons. The van der Waals surface area contributed by atoms with Crippen molar-refractivity contribution >= 4 is 11.3 Å². The molecule has 0 atom stereocenters. The molecule has 0 unspecified atom stereocenters. The first-order valence-electron chi connectivity index (χ1n) is 3.54. The summed E-state index contributed by atoms with van der Waals surface area (Å²) in [5.41, 5.74) is 0. The van der Waals surface area contributed by atoms with Crippen molar-refractivity contribution in [3.63, 3.8) is 0 Å². The third-order valence-corrected chi connectivity index (χ3v) is 2.27. The number of rotatable bonds is 3. The zero-order chi connectivity index (χ0) is 8.27. The Morgan fingerprint density at radius 3 is 2.82 bits per heavy atom. The first-order chi connectivity index (χ1) is 5.29. The van der Waals surface area contributed by atoms with E-state index in [0.29, 0.717) is 6.61 Å². The van der Waals surface area contributed by atoms with Crippen molar-refractivity contribution < 1.29 is 9.47 Å². The van der Waals surface area contributed by atoms with Crippen molar-refractivity contribution in [1.29, 1.82) is 0 Å². The van der Waals surface area contributed by atoms with Crippen LogP contribution in [0.15, 0.2) is 5.38 Å². The van der Waals surface area contributed by atoms with Crippen LogP contribution >= 0.6 is 11.3 Å². The highest BCUT2D eigenvalue weighted by Gasteiger charge is 2.08. The van der Waals surface area contributed by atoms with E-state index in [1.807, 2.05) is 19.2 Å². The van der Waals surface area contributed by atoms with Gasteiger partial charge in [-0.1, -0.05) is 0 Å². The van der Waals surface area contributed by atoms with Gasteiger partial charge in [0.2, 0.25) is 0 Å². The van der Waals surface area contributed by atoms with E-state index in [1.54, 1.807) is 18.4 Å². The SMILES string of the molecule is CCOc1c(OC)csc1C. The molecule has 1 aromatic heterocycles. The molecule has 1 rings (SSSR count). The minimum absolute atomic E-state index is 0.688. The fraction of sp³-hybridized carbons (Fsp3) is 0.500. The van der Waals surface area contributed by atoms with E-state index in [1.165, 1.54) is 4.88 Å². The zero-order valence-electron chi connectivity index (χ0n) is 7.01. The lowest BCUT2D eigenvalue weighted by molar-refractivity contribution is 0.311. The summed E-state index contributed by atoms with van der Waals surface area (Å²) in [5.74, 6) is 1.73. The highest BCUT2D eigenvalue weighted by Crippen LogP contribution is 2.36. The first-order valence-corrected chi connectivity index (χ1v) is 4.42. The van der Waals surface area contributed by atoms with Crippen molar-refractivity contribution in [2.45, 2.75) is 13.8 Å². The number of methoxy groups -OCH3 is 1. The Labute approximate surface area is 70.8 Å². The van der Waals surface area contributed by atoms with Crippen molar-refractivity contribution in [2.24, 2.45) is 0 Å². The molecule has 0 N–H and O–H groups in total. The van der Waals surface area contributed by atoms with Crippen LogP contribution in [0.2, 0.25) is 0 Å². The number of aryl methyl sites for hydroxylation is 1. The second-order valence-electron chi connectivity index (χ2n) is 2.12. The van der Waals surface area contributed by atoms with E-state index in [4.69, 9.17) is 9.47 Å². The fourth-order valence-corrected chi connectivity index (χ4v) is 1.63. The average Bonchev–Trinajstić information content (AvgIpc) is 2.34. The normalized spacial score (nSPS) is 9.73. The Hall–Kier alpha value is -0.700. The van der Waals surface area contributed by atoms with Crippen LogP contribution in [-0.2, 0) is 0 Å². The molecule has 11 heavy (non-hydrogen) atoms. The summed E-state index contributed by atoms with van der Waals surface area (Å²) in [4.78, 5) is 1.17. The lowest BCUT2D eigenvalue weighted by Gasteiger charge is -2.04. The van der Waals surface area contributed by atoms with E-state index in [0.717, 1.165) is 11.5 Å². The van der Waals surface area contributed by atoms with E-state index in [2.05, 4.69) is 0 Å². The molecule has 0 saturated carbocycles. The Balaban J connectivity index is 2.88. The van der Waals surface area contributed by atoms with Crippen LogP contribution in [0, 0.1) is 6.92 Å². The van der Waals surface area contributed by atoms with E-state index >= 15 is 0 Å². The molecule has 0 radical (unpaired) electrons. The summed E-state index contributed by atoms with van der Waals surface area (Å²) in [5, 5.41) is 1.96. The van der Waals surface area contributed by atoms with Gasteiger partial charge in [0.05, 0.1) is 13.7 Å². The molecular formula is C8H12O2S. The molecule has 0 amide bonds. The molecule has 1 aromatic rings. The minimum atomic E-state index is 0.688.